The van der Waals surface area contributed by atoms with Gasteiger partial charge in [0, 0.05) is 43.0 Å². The Morgan fingerprint density at radius 3 is 2.23 bits per heavy atom. The van der Waals surface area contributed by atoms with Crippen LogP contribution in [0.5, 0.6) is 0 Å². The molecule has 0 bridgehead atoms. The summed E-state index contributed by atoms with van der Waals surface area (Å²) in [7, 11) is 0. The number of carbonyl (C=O) groups is 2. The molecule has 2 fully saturated rings. The number of amides is 1. The van der Waals surface area contributed by atoms with Crippen LogP contribution in [-0.4, -0.2) is 75.7 Å². The third-order valence-corrected chi connectivity index (χ3v) is 5.40. The van der Waals surface area contributed by atoms with Gasteiger partial charge in [-0.25, -0.2) is 0 Å². The van der Waals surface area contributed by atoms with E-state index in [0.717, 1.165) is 31.9 Å². The fourth-order valence-electron chi connectivity index (χ4n) is 3.74. The van der Waals surface area contributed by atoms with E-state index in [1.54, 1.807) is 12.1 Å². The molecule has 4 rings (SSSR count). The number of hydrogen-bond acceptors (Lipinski definition) is 6. The van der Waals surface area contributed by atoms with Crippen molar-refractivity contribution >= 4 is 23.1 Å². The molecule has 7 heteroatoms. The van der Waals surface area contributed by atoms with Gasteiger partial charge in [-0.05, 0) is 18.2 Å². The van der Waals surface area contributed by atoms with Crippen molar-refractivity contribution in [2.24, 2.45) is 0 Å². The molecule has 158 valence electrons. The van der Waals surface area contributed by atoms with Crippen LogP contribution in [0.15, 0.2) is 48.5 Å². The van der Waals surface area contributed by atoms with E-state index < -0.39 is 0 Å². The van der Waals surface area contributed by atoms with Crippen LogP contribution in [0.25, 0.3) is 0 Å². The first kappa shape index (κ1) is 20.5. The molecule has 2 saturated heterocycles. The number of carbonyl (C=O) groups excluding carboxylic acids is 2. The molecule has 2 heterocycles. The van der Waals surface area contributed by atoms with Crippen LogP contribution >= 0.6 is 0 Å². The van der Waals surface area contributed by atoms with Gasteiger partial charge >= 0.3 is 0 Å². The molecular weight excluding hydrogens is 382 g/mol. The summed E-state index contributed by atoms with van der Waals surface area (Å²) in [6.45, 7) is 5.92. The second-order valence-corrected chi connectivity index (χ2v) is 7.46. The lowest BCUT2D eigenvalue weighted by atomic mass is 10.0. The number of morpholine rings is 2. The lowest BCUT2D eigenvalue weighted by molar-refractivity contribution is -0.118. The van der Waals surface area contributed by atoms with E-state index in [0.29, 0.717) is 43.2 Å². The standard InChI is InChI=1S/C23H27N3O4/c27-22(17-25-8-12-29-13-9-25)24-21-7-6-19(26-10-14-30-15-11-26)16-20(21)23(28)18-4-2-1-3-5-18/h1-7,16H,8-15,17H2,(H,24,27). The molecule has 0 atom stereocenters. The summed E-state index contributed by atoms with van der Waals surface area (Å²) in [6, 6.07) is 14.8. The molecule has 0 aliphatic carbocycles. The summed E-state index contributed by atoms with van der Waals surface area (Å²) in [6.07, 6.45) is 0. The molecule has 0 unspecified atom stereocenters. The second kappa shape index (κ2) is 9.84. The van der Waals surface area contributed by atoms with Crippen molar-refractivity contribution in [2.75, 3.05) is 69.4 Å². The maximum Gasteiger partial charge on any atom is 0.238 e. The third kappa shape index (κ3) is 5.05. The summed E-state index contributed by atoms with van der Waals surface area (Å²) in [5, 5.41) is 2.95. The van der Waals surface area contributed by atoms with E-state index in [1.165, 1.54) is 0 Å². The zero-order valence-electron chi connectivity index (χ0n) is 17.0. The van der Waals surface area contributed by atoms with Gasteiger partial charge in [0.25, 0.3) is 0 Å². The molecule has 0 saturated carbocycles. The number of ether oxygens (including phenoxy) is 2. The lowest BCUT2D eigenvalue weighted by Gasteiger charge is -2.29. The maximum atomic E-state index is 13.3. The maximum absolute atomic E-state index is 13.3. The average Bonchev–Trinajstić information content (AvgIpc) is 2.80. The molecule has 2 aliphatic rings. The minimum atomic E-state index is -0.127. The molecule has 2 aromatic carbocycles. The van der Waals surface area contributed by atoms with Crippen LogP contribution in [0.1, 0.15) is 15.9 Å². The Balaban J connectivity index is 1.57. The fraction of sp³-hybridized carbons (Fsp3) is 0.391. The highest BCUT2D eigenvalue weighted by atomic mass is 16.5. The number of anilines is 2. The number of hydrogen-bond donors (Lipinski definition) is 1. The van der Waals surface area contributed by atoms with Crippen molar-refractivity contribution < 1.29 is 19.1 Å². The van der Waals surface area contributed by atoms with E-state index in [-0.39, 0.29) is 18.2 Å². The minimum Gasteiger partial charge on any atom is -0.379 e. The van der Waals surface area contributed by atoms with Gasteiger partial charge in [-0.2, -0.15) is 0 Å². The molecule has 1 N–H and O–H groups in total. The van der Waals surface area contributed by atoms with Crippen molar-refractivity contribution in [3.8, 4) is 0 Å². The highest BCUT2D eigenvalue weighted by Crippen LogP contribution is 2.26. The van der Waals surface area contributed by atoms with Gasteiger partial charge in [0.2, 0.25) is 5.91 Å². The Kier molecular flexibility index (Phi) is 6.74. The van der Waals surface area contributed by atoms with E-state index in [1.807, 2.05) is 36.4 Å². The smallest absolute Gasteiger partial charge is 0.238 e. The molecule has 2 aliphatic heterocycles. The summed E-state index contributed by atoms with van der Waals surface area (Å²) in [5.74, 6) is -0.231. The van der Waals surface area contributed by atoms with Crippen LogP contribution in [0.4, 0.5) is 11.4 Å². The van der Waals surface area contributed by atoms with Gasteiger partial charge < -0.3 is 19.7 Å². The molecule has 0 aromatic heterocycles. The molecule has 30 heavy (non-hydrogen) atoms. The fourth-order valence-corrected chi connectivity index (χ4v) is 3.74. The quantitative estimate of drug-likeness (QED) is 0.736. The van der Waals surface area contributed by atoms with Crippen LogP contribution in [0, 0.1) is 0 Å². The summed E-state index contributed by atoms with van der Waals surface area (Å²) < 4.78 is 10.8. The van der Waals surface area contributed by atoms with E-state index in [2.05, 4.69) is 15.1 Å². The Morgan fingerprint density at radius 1 is 0.867 bits per heavy atom. The van der Waals surface area contributed by atoms with Crippen LogP contribution in [-0.2, 0) is 14.3 Å². The monoisotopic (exact) mass is 409 g/mol. The minimum absolute atomic E-state index is 0.104. The number of benzene rings is 2. The largest absolute Gasteiger partial charge is 0.379 e. The molecule has 0 spiro atoms. The summed E-state index contributed by atoms with van der Waals surface area (Å²) in [4.78, 5) is 30.2. The Hall–Kier alpha value is -2.74. The van der Waals surface area contributed by atoms with Crippen molar-refractivity contribution in [3.63, 3.8) is 0 Å². The molecule has 2 aromatic rings. The van der Waals surface area contributed by atoms with E-state index in [4.69, 9.17) is 9.47 Å². The van der Waals surface area contributed by atoms with E-state index >= 15 is 0 Å². The molecule has 0 radical (unpaired) electrons. The van der Waals surface area contributed by atoms with Crippen LogP contribution in [0.2, 0.25) is 0 Å². The Morgan fingerprint density at radius 2 is 1.53 bits per heavy atom. The van der Waals surface area contributed by atoms with Crippen molar-refractivity contribution in [1.29, 1.82) is 0 Å². The van der Waals surface area contributed by atoms with Crippen molar-refractivity contribution in [3.05, 3.63) is 59.7 Å². The summed E-state index contributed by atoms with van der Waals surface area (Å²) in [5.41, 5.74) is 2.60. The highest BCUT2D eigenvalue weighted by Gasteiger charge is 2.20. The molecule has 1 amide bonds. The molecular formula is C23H27N3O4. The number of ketones is 1. The predicted octanol–water partition coefficient (Wildman–Crippen LogP) is 2.02. The van der Waals surface area contributed by atoms with Crippen molar-refractivity contribution in [2.45, 2.75) is 0 Å². The second-order valence-electron chi connectivity index (χ2n) is 7.46. The van der Waals surface area contributed by atoms with Gasteiger partial charge in [-0.15, -0.1) is 0 Å². The average molecular weight is 409 g/mol. The number of rotatable bonds is 6. The van der Waals surface area contributed by atoms with Gasteiger partial charge in [-0.3, -0.25) is 14.5 Å². The first-order chi connectivity index (χ1) is 14.7. The normalized spacial score (nSPS) is 17.5. The van der Waals surface area contributed by atoms with Crippen molar-refractivity contribution in [1.82, 2.24) is 4.90 Å². The predicted molar refractivity (Wildman–Crippen MR) is 115 cm³/mol. The summed E-state index contributed by atoms with van der Waals surface area (Å²) >= 11 is 0. The van der Waals surface area contributed by atoms with Crippen LogP contribution in [0.3, 0.4) is 0 Å². The SMILES string of the molecule is O=C(CN1CCOCC1)Nc1ccc(N2CCOCC2)cc1C(=O)c1ccccc1. The Bertz CT molecular complexity index is 875. The third-order valence-electron chi connectivity index (χ3n) is 5.40. The highest BCUT2D eigenvalue weighted by molar-refractivity contribution is 6.14. The zero-order valence-corrected chi connectivity index (χ0v) is 17.0. The first-order valence-electron chi connectivity index (χ1n) is 10.4. The van der Waals surface area contributed by atoms with Gasteiger partial charge in [0.05, 0.1) is 38.7 Å². The topological polar surface area (TPSA) is 71.1 Å². The number of nitrogens with zero attached hydrogens (tertiary/aromatic N) is 2. The number of nitrogens with one attached hydrogen (secondary N) is 1. The van der Waals surface area contributed by atoms with Gasteiger partial charge in [0.15, 0.2) is 5.78 Å². The van der Waals surface area contributed by atoms with Gasteiger partial charge in [-0.1, -0.05) is 30.3 Å². The molecule has 7 nitrogen and oxygen atoms in total. The Labute approximate surface area is 176 Å². The van der Waals surface area contributed by atoms with Gasteiger partial charge in [0.1, 0.15) is 0 Å². The zero-order chi connectivity index (χ0) is 20.8. The van der Waals surface area contributed by atoms with Crippen LogP contribution < -0.4 is 10.2 Å². The first-order valence-corrected chi connectivity index (χ1v) is 10.4. The van der Waals surface area contributed by atoms with E-state index in [9.17, 15) is 9.59 Å². The lowest BCUT2D eigenvalue weighted by Crippen LogP contribution is -2.41.